The van der Waals surface area contributed by atoms with E-state index in [4.69, 9.17) is 8.92 Å². The first-order valence-electron chi connectivity index (χ1n) is 9.27. The Balaban J connectivity index is 2.18. The molecule has 0 saturated heterocycles. The van der Waals surface area contributed by atoms with Gasteiger partial charge >= 0.3 is 0 Å². The number of carbonyl (C=O) groups excluding carboxylic acids is 3. The van der Waals surface area contributed by atoms with Crippen molar-refractivity contribution < 1.29 is 36.8 Å². The number of fused-ring (bicyclic) bond motifs is 1. The Morgan fingerprint density at radius 1 is 1.18 bits per heavy atom. The number of allylic oxidation sites excluding steroid dienone is 2. The monoisotopic (exact) mass is 604 g/mol. The van der Waals surface area contributed by atoms with Crippen molar-refractivity contribution in [2.24, 2.45) is 0 Å². The van der Waals surface area contributed by atoms with E-state index in [9.17, 15) is 27.9 Å². The normalized spacial score (nSPS) is 13.9. The van der Waals surface area contributed by atoms with Gasteiger partial charge in [-0.05, 0) is 49.6 Å². The van der Waals surface area contributed by atoms with E-state index >= 15 is 0 Å². The number of methoxy groups -OCH3 is 1. The van der Waals surface area contributed by atoms with Crippen LogP contribution in [0.2, 0.25) is 0 Å². The molecule has 3 rings (SSSR count). The Hall–Kier alpha value is -2.32. The van der Waals surface area contributed by atoms with Crippen LogP contribution in [0.3, 0.4) is 0 Å². The molecule has 0 aliphatic heterocycles. The lowest BCUT2D eigenvalue weighted by Crippen LogP contribution is -2.33. The van der Waals surface area contributed by atoms with Gasteiger partial charge in [-0.1, -0.05) is 0 Å². The molecule has 176 valence electrons. The minimum atomic E-state index is -3.70. The van der Waals surface area contributed by atoms with Crippen LogP contribution in [0.5, 0.6) is 5.75 Å². The number of ether oxygens (including phenoxy) is 1. The van der Waals surface area contributed by atoms with Crippen molar-refractivity contribution >= 4 is 65.4 Å². The third kappa shape index (κ3) is 5.11. The van der Waals surface area contributed by atoms with E-state index in [2.05, 4.69) is 37.2 Å². The van der Waals surface area contributed by atoms with Crippen LogP contribution in [-0.2, 0) is 25.8 Å². The lowest BCUT2D eigenvalue weighted by Gasteiger charge is -2.22. The van der Waals surface area contributed by atoms with E-state index in [0.29, 0.717) is 6.29 Å². The summed E-state index contributed by atoms with van der Waals surface area (Å²) in [5.74, 6) is -1.30. The molecule has 1 aromatic heterocycles. The van der Waals surface area contributed by atoms with E-state index in [1.807, 2.05) is 0 Å². The number of benzene rings is 1. The maximum atomic E-state index is 13.6. The highest BCUT2D eigenvalue weighted by molar-refractivity contribution is 9.11. The molecule has 33 heavy (non-hydrogen) atoms. The fourth-order valence-corrected chi connectivity index (χ4v) is 4.96. The zero-order valence-electron chi connectivity index (χ0n) is 17.3. The fourth-order valence-electron chi connectivity index (χ4n) is 3.38. The number of halogens is 2. The quantitative estimate of drug-likeness (QED) is 0.250. The Kier molecular flexibility index (Phi) is 7.59. The predicted octanol–water partition coefficient (Wildman–Crippen LogP) is 2.49. The van der Waals surface area contributed by atoms with Crippen molar-refractivity contribution in [2.45, 2.75) is 6.73 Å². The molecule has 0 bridgehead atoms. The Labute approximate surface area is 205 Å². The summed E-state index contributed by atoms with van der Waals surface area (Å²) in [7, 11) is -2.30. The van der Waals surface area contributed by atoms with E-state index in [1.54, 1.807) is 0 Å². The van der Waals surface area contributed by atoms with Gasteiger partial charge in [0, 0.05) is 25.4 Å². The van der Waals surface area contributed by atoms with Gasteiger partial charge in [-0.3, -0.25) is 18.6 Å². The second kappa shape index (κ2) is 9.89. The average Bonchev–Trinajstić information content (AvgIpc) is 3.11. The molecule has 0 saturated carbocycles. The highest BCUT2D eigenvalue weighted by Crippen LogP contribution is 2.39. The van der Waals surface area contributed by atoms with Crippen LogP contribution in [0.1, 0.15) is 36.8 Å². The van der Waals surface area contributed by atoms with Crippen molar-refractivity contribution in [3.8, 4) is 5.75 Å². The number of aromatic hydroxyl groups is 1. The molecule has 1 aliphatic rings. The number of nitrogens with one attached hydrogen (secondary N) is 1. The number of hydrogen-bond donors (Lipinski definition) is 2. The van der Waals surface area contributed by atoms with Crippen molar-refractivity contribution in [3.63, 3.8) is 0 Å². The topological polar surface area (TPSA) is 141 Å². The van der Waals surface area contributed by atoms with Gasteiger partial charge in [0.2, 0.25) is 5.78 Å². The number of nitrogens with zero attached hydrogens (tertiary/aromatic N) is 1. The molecule has 1 aromatic carbocycles. The summed E-state index contributed by atoms with van der Waals surface area (Å²) in [6.07, 6.45) is 2.73. The van der Waals surface area contributed by atoms with Crippen LogP contribution < -0.4 is 5.32 Å². The van der Waals surface area contributed by atoms with Crippen molar-refractivity contribution in [1.29, 1.82) is 0 Å². The number of aromatic nitrogens is 1. The first kappa shape index (κ1) is 25.3. The Morgan fingerprint density at radius 3 is 2.36 bits per heavy atom. The number of aldehydes is 1. The predicted molar refractivity (Wildman–Crippen MR) is 125 cm³/mol. The highest BCUT2D eigenvalue weighted by atomic mass is 79.9. The molecule has 0 atom stereocenters. The van der Waals surface area contributed by atoms with Gasteiger partial charge in [-0.25, -0.2) is 0 Å². The van der Waals surface area contributed by atoms with Crippen LogP contribution in [0, 0.1) is 0 Å². The van der Waals surface area contributed by atoms with Gasteiger partial charge in [0.15, 0.2) is 12.1 Å². The van der Waals surface area contributed by atoms with Gasteiger partial charge in [0.1, 0.15) is 18.2 Å². The molecule has 0 fully saturated rings. The number of rotatable bonds is 9. The fraction of sp³-hybridized carbons (Fsp3) is 0.250. The van der Waals surface area contributed by atoms with Gasteiger partial charge in [-0.2, -0.15) is 8.42 Å². The van der Waals surface area contributed by atoms with Crippen molar-refractivity contribution in [1.82, 2.24) is 9.88 Å². The highest BCUT2D eigenvalue weighted by Gasteiger charge is 2.38. The number of phenolic OH excluding ortho intramolecular Hbond substituents is 1. The zero-order valence-corrected chi connectivity index (χ0v) is 21.3. The zero-order chi connectivity index (χ0) is 24.5. The first-order chi connectivity index (χ1) is 15.5. The number of carbonyl (C=O) groups is 3. The number of Topliss-reactive ketones (excluding diaryl/α,β-unsaturated/α-hetero) is 2. The molecule has 2 N–H and O–H groups in total. The smallest absolute Gasteiger partial charge is 0.264 e. The van der Waals surface area contributed by atoms with E-state index in [-0.39, 0.29) is 68.2 Å². The number of hydrogen-bond acceptors (Lipinski definition) is 9. The lowest BCUT2D eigenvalue weighted by molar-refractivity contribution is 0.0949. The van der Waals surface area contributed by atoms with E-state index < -0.39 is 21.7 Å². The van der Waals surface area contributed by atoms with Crippen LogP contribution in [0.25, 0.3) is 5.57 Å². The van der Waals surface area contributed by atoms with Crippen molar-refractivity contribution in [3.05, 3.63) is 55.4 Å². The summed E-state index contributed by atoms with van der Waals surface area (Å²) in [6, 6.07) is 2.90. The lowest BCUT2D eigenvalue weighted by atomic mass is 9.86. The average molecular weight is 606 g/mol. The second-order valence-corrected chi connectivity index (χ2v) is 10.3. The number of ketones is 2. The summed E-state index contributed by atoms with van der Waals surface area (Å²) >= 11 is 6.41. The van der Waals surface area contributed by atoms with Gasteiger partial charge < -0.3 is 19.7 Å². The first-order valence-corrected chi connectivity index (χ1v) is 12.7. The minimum Gasteiger partial charge on any atom is -0.506 e. The maximum Gasteiger partial charge on any atom is 0.264 e. The Morgan fingerprint density at radius 2 is 1.82 bits per heavy atom. The third-order valence-corrected chi connectivity index (χ3v) is 6.46. The Bertz CT molecular complexity index is 1270. The second-order valence-electron chi connectivity index (χ2n) is 6.96. The maximum absolute atomic E-state index is 13.6. The van der Waals surface area contributed by atoms with Crippen LogP contribution >= 0.6 is 31.9 Å². The largest absolute Gasteiger partial charge is 0.506 e. The summed E-state index contributed by atoms with van der Waals surface area (Å²) in [6.45, 7) is -0.469. The van der Waals surface area contributed by atoms with Crippen LogP contribution in [-0.4, -0.2) is 62.5 Å². The summed E-state index contributed by atoms with van der Waals surface area (Å²) in [4.78, 5) is 38.7. The molecular formula is C20H18Br2N2O8S. The minimum absolute atomic E-state index is 0.0225. The third-order valence-electron chi connectivity index (χ3n) is 4.66. The molecule has 2 aromatic rings. The molecule has 0 radical (unpaired) electrons. The summed E-state index contributed by atoms with van der Waals surface area (Å²) in [5.41, 5.74) is 0.0395. The molecule has 13 heteroatoms. The summed E-state index contributed by atoms with van der Waals surface area (Å²) in [5, 5.41) is 12.8. The standard InChI is InChI=1S/C20H18Br2N2O8S/c1-31-9-24-7-11(8-25)15-17(24)20(28)16(23-3-4-32-33(2,29)30)14(19(15)27)10-5-12(21)18(26)13(22)6-10/h5-8,23,26H,3-4,9H2,1-2H3. The molecule has 0 unspecified atom stereocenters. The van der Waals surface area contributed by atoms with Gasteiger partial charge in [-0.15, -0.1) is 0 Å². The molecular weight excluding hydrogens is 588 g/mol. The van der Waals surface area contributed by atoms with E-state index in [0.717, 1.165) is 6.26 Å². The van der Waals surface area contributed by atoms with Crippen LogP contribution in [0.4, 0.5) is 0 Å². The van der Waals surface area contributed by atoms with Crippen LogP contribution in [0.15, 0.2) is 33.0 Å². The summed E-state index contributed by atoms with van der Waals surface area (Å²) < 4.78 is 34.1. The SMILES string of the molecule is COCn1cc(C=O)c2c1C(=O)C(NCCOS(C)(=O)=O)=C(c1cc(Br)c(O)c(Br)c1)C2=O. The molecule has 10 nitrogen and oxygen atoms in total. The van der Waals surface area contributed by atoms with Crippen molar-refractivity contribution in [2.75, 3.05) is 26.5 Å². The molecule has 0 amide bonds. The molecule has 0 spiro atoms. The van der Waals surface area contributed by atoms with Gasteiger partial charge in [0.05, 0.1) is 38.6 Å². The van der Waals surface area contributed by atoms with E-state index in [1.165, 1.54) is 30.0 Å². The van der Waals surface area contributed by atoms with Gasteiger partial charge in [0.25, 0.3) is 10.1 Å². The molecule has 1 heterocycles. The number of phenols is 1. The molecule has 1 aliphatic carbocycles.